The fourth-order valence-electron chi connectivity index (χ4n) is 1.61. The fourth-order valence-corrected chi connectivity index (χ4v) is 1.74. The molecule has 1 aromatic carbocycles. The highest BCUT2D eigenvalue weighted by atomic mass is 35.5. The van der Waals surface area contributed by atoms with E-state index >= 15 is 0 Å². The standard InChI is InChI=1S/C12H14ClN5/c1-18(7-8-2-4-9(13)5-3-8)11-6-10(14)16-12(15)17-11/h2-6H,7H2,1H3,(H4,14,15,16,17). The Labute approximate surface area is 110 Å². The molecule has 1 aromatic heterocycles. The van der Waals surface area contributed by atoms with E-state index in [9.17, 15) is 0 Å². The zero-order valence-corrected chi connectivity index (χ0v) is 10.7. The fraction of sp³-hybridized carbons (Fsp3) is 0.167. The van der Waals surface area contributed by atoms with Gasteiger partial charge >= 0.3 is 0 Å². The van der Waals surface area contributed by atoms with Gasteiger partial charge in [-0.15, -0.1) is 0 Å². The average Bonchev–Trinajstić information content (AvgIpc) is 2.31. The number of halogens is 1. The number of rotatable bonds is 3. The molecule has 0 amide bonds. The van der Waals surface area contributed by atoms with E-state index in [-0.39, 0.29) is 5.95 Å². The third-order valence-corrected chi connectivity index (χ3v) is 2.73. The minimum Gasteiger partial charge on any atom is -0.383 e. The average molecular weight is 264 g/mol. The lowest BCUT2D eigenvalue weighted by molar-refractivity contribution is 0.895. The molecule has 0 aliphatic heterocycles. The van der Waals surface area contributed by atoms with Crippen molar-refractivity contribution in [3.8, 4) is 0 Å². The number of nitrogen functional groups attached to an aromatic ring is 2. The largest absolute Gasteiger partial charge is 0.383 e. The van der Waals surface area contributed by atoms with E-state index in [1.165, 1.54) is 0 Å². The molecule has 0 unspecified atom stereocenters. The summed E-state index contributed by atoms with van der Waals surface area (Å²) in [6, 6.07) is 9.33. The van der Waals surface area contributed by atoms with Crippen LogP contribution in [0.5, 0.6) is 0 Å². The number of aromatic nitrogens is 2. The summed E-state index contributed by atoms with van der Waals surface area (Å²) >= 11 is 5.84. The maximum absolute atomic E-state index is 5.84. The predicted molar refractivity (Wildman–Crippen MR) is 74.4 cm³/mol. The number of hydrogen-bond donors (Lipinski definition) is 2. The monoisotopic (exact) mass is 263 g/mol. The van der Waals surface area contributed by atoms with Crippen molar-refractivity contribution in [3.05, 3.63) is 40.9 Å². The van der Waals surface area contributed by atoms with Crippen LogP contribution in [0, 0.1) is 0 Å². The van der Waals surface area contributed by atoms with E-state index in [0.717, 1.165) is 10.6 Å². The van der Waals surface area contributed by atoms with Crippen molar-refractivity contribution in [2.75, 3.05) is 23.4 Å². The molecule has 0 saturated heterocycles. The molecule has 0 atom stereocenters. The summed E-state index contributed by atoms with van der Waals surface area (Å²) in [6.07, 6.45) is 0. The molecular weight excluding hydrogens is 250 g/mol. The van der Waals surface area contributed by atoms with Gasteiger partial charge in [-0.2, -0.15) is 9.97 Å². The number of benzene rings is 1. The number of anilines is 3. The van der Waals surface area contributed by atoms with E-state index in [1.807, 2.05) is 36.2 Å². The molecule has 6 heteroatoms. The Morgan fingerprint density at radius 1 is 1.17 bits per heavy atom. The van der Waals surface area contributed by atoms with Crippen LogP contribution in [0.15, 0.2) is 30.3 Å². The van der Waals surface area contributed by atoms with Gasteiger partial charge in [0.15, 0.2) is 0 Å². The van der Waals surface area contributed by atoms with Gasteiger partial charge in [-0.25, -0.2) is 0 Å². The quantitative estimate of drug-likeness (QED) is 0.884. The second-order valence-electron chi connectivity index (χ2n) is 3.99. The van der Waals surface area contributed by atoms with Gasteiger partial charge in [-0.3, -0.25) is 0 Å². The second-order valence-corrected chi connectivity index (χ2v) is 4.43. The Morgan fingerprint density at radius 3 is 2.44 bits per heavy atom. The summed E-state index contributed by atoms with van der Waals surface area (Å²) in [5.41, 5.74) is 12.3. The minimum atomic E-state index is 0.174. The summed E-state index contributed by atoms with van der Waals surface area (Å²) < 4.78 is 0. The summed E-state index contributed by atoms with van der Waals surface area (Å²) in [7, 11) is 1.91. The summed E-state index contributed by atoms with van der Waals surface area (Å²) in [6.45, 7) is 0.688. The molecule has 0 aliphatic carbocycles. The highest BCUT2D eigenvalue weighted by molar-refractivity contribution is 6.30. The van der Waals surface area contributed by atoms with E-state index in [0.29, 0.717) is 18.2 Å². The molecule has 0 fully saturated rings. The van der Waals surface area contributed by atoms with Crippen LogP contribution in [0.4, 0.5) is 17.6 Å². The number of hydrogen-bond acceptors (Lipinski definition) is 5. The third kappa shape index (κ3) is 3.01. The summed E-state index contributed by atoms with van der Waals surface area (Å²) in [5, 5.41) is 0.719. The Balaban J connectivity index is 2.16. The number of nitrogens with two attached hydrogens (primary N) is 2. The molecule has 1 heterocycles. The van der Waals surface area contributed by atoms with Crippen molar-refractivity contribution in [2.24, 2.45) is 0 Å². The van der Waals surface area contributed by atoms with Crippen molar-refractivity contribution in [2.45, 2.75) is 6.54 Å². The van der Waals surface area contributed by atoms with Crippen LogP contribution in [-0.4, -0.2) is 17.0 Å². The van der Waals surface area contributed by atoms with Gasteiger partial charge in [0.05, 0.1) is 0 Å². The van der Waals surface area contributed by atoms with Crippen LogP contribution in [-0.2, 0) is 6.54 Å². The lowest BCUT2D eigenvalue weighted by Gasteiger charge is -2.18. The first-order chi connectivity index (χ1) is 8.54. The van der Waals surface area contributed by atoms with Crippen molar-refractivity contribution in [3.63, 3.8) is 0 Å². The first-order valence-electron chi connectivity index (χ1n) is 5.40. The molecule has 5 nitrogen and oxygen atoms in total. The lowest BCUT2D eigenvalue weighted by Crippen LogP contribution is -2.18. The Bertz CT molecular complexity index is 520. The van der Waals surface area contributed by atoms with Gasteiger partial charge in [0, 0.05) is 24.7 Å². The highest BCUT2D eigenvalue weighted by Gasteiger charge is 2.06. The highest BCUT2D eigenvalue weighted by Crippen LogP contribution is 2.17. The van der Waals surface area contributed by atoms with Crippen molar-refractivity contribution in [1.29, 1.82) is 0 Å². The van der Waals surface area contributed by atoms with Crippen LogP contribution in [0.25, 0.3) is 0 Å². The molecule has 94 valence electrons. The van der Waals surface area contributed by atoms with Gasteiger partial charge in [-0.05, 0) is 17.7 Å². The second kappa shape index (κ2) is 5.10. The molecule has 4 N–H and O–H groups in total. The van der Waals surface area contributed by atoms with Gasteiger partial charge in [-0.1, -0.05) is 23.7 Å². The van der Waals surface area contributed by atoms with Crippen molar-refractivity contribution in [1.82, 2.24) is 9.97 Å². The Kier molecular flexibility index (Phi) is 3.53. The van der Waals surface area contributed by atoms with Crippen LogP contribution < -0.4 is 16.4 Å². The van der Waals surface area contributed by atoms with Crippen LogP contribution in [0.3, 0.4) is 0 Å². The normalized spacial score (nSPS) is 10.3. The van der Waals surface area contributed by atoms with Gasteiger partial charge in [0.1, 0.15) is 11.6 Å². The smallest absolute Gasteiger partial charge is 0.223 e. The first-order valence-corrected chi connectivity index (χ1v) is 5.78. The molecular formula is C12H14ClN5. The first kappa shape index (κ1) is 12.4. The maximum Gasteiger partial charge on any atom is 0.223 e. The molecule has 0 spiro atoms. The third-order valence-electron chi connectivity index (χ3n) is 2.47. The van der Waals surface area contributed by atoms with Crippen LogP contribution in [0.1, 0.15) is 5.56 Å². The zero-order chi connectivity index (χ0) is 13.1. The van der Waals surface area contributed by atoms with Gasteiger partial charge in [0.25, 0.3) is 0 Å². The molecule has 0 bridgehead atoms. The van der Waals surface area contributed by atoms with Crippen LogP contribution in [0.2, 0.25) is 5.02 Å². The molecule has 18 heavy (non-hydrogen) atoms. The van der Waals surface area contributed by atoms with E-state index in [1.54, 1.807) is 6.07 Å². The molecule has 0 aliphatic rings. The van der Waals surface area contributed by atoms with Crippen molar-refractivity contribution < 1.29 is 0 Å². The van der Waals surface area contributed by atoms with Crippen molar-refractivity contribution >= 4 is 29.2 Å². The summed E-state index contributed by atoms with van der Waals surface area (Å²) in [4.78, 5) is 9.91. The summed E-state index contributed by atoms with van der Waals surface area (Å²) in [5.74, 6) is 1.23. The van der Waals surface area contributed by atoms with E-state index in [4.69, 9.17) is 23.1 Å². The number of nitrogens with zero attached hydrogens (tertiary/aromatic N) is 3. The Hall–Kier alpha value is -2.01. The topological polar surface area (TPSA) is 81.1 Å². The zero-order valence-electron chi connectivity index (χ0n) is 9.97. The maximum atomic E-state index is 5.84. The molecule has 2 rings (SSSR count). The van der Waals surface area contributed by atoms with Crippen LogP contribution >= 0.6 is 11.6 Å². The molecule has 0 radical (unpaired) electrons. The molecule has 2 aromatic rings. The van der Waals surface area contributed by atoms with Gasteiger partial charge in [0.2, 0.25) is 5.95 Å². The SMILES string of the molecule is CN(Cc1ccc(Cl)cc1)c1cc(N)nc(N)n1. The predicted octanol–water partition coefficient (Wildman–Crippen LogP) is 1.93. The van der Waals surface area contributed by atoms with E-state index in [2.05, 4.69) is 9.97 Å². The Morgan fingerprint density at radius 2 is 1.83 bits per heavy atom. The minimum absolute atomic E-state index is 0.174. The van der Waals surface area contributed by atoms with Gasteiger partial charge < -0.3 is 16.4 Å². The van der Waals surface area contributed by atoms with E-state index < -0.39 is 0 Å². The lowest BCUT2D eigenvalue weighted by atomic mass is 10.2. The molecule has 0 saturated carbocycles.